The van der Waals surface area contributed by atoms with Crippen LogP contribution < -0.4 is 4.90 Å². The number of halogens is 1. The van der Waals surface area contributed by atoms with Gasteiger partial charge in [-0.2, -0.15) is 5.01 Å². The fourth-order valence-electron chi connectivity index (χ4n) is 4.16. The van der Waals surface area contributed by atoms with Gasteiger partial charge in [-0.3, -0.25) is 20.0 Å². The molecule has 2 aliphatic rings. The Morgan fingerprint density at radius 2 is 1.57 bits per heavy atom. The minimum Gasteiger partial charge on any atom is -0.295 e. The topological polar surface area (TPSA) is 52.9 Å². The molecule has 2 heterocycles. The first-order valence-corrected chi connectivity index (χ1v) is 10.7. The number of hydrogen-bond acceptors (Lipinski definition) is 4. The number of anilines is 1. The highest BCUT2D eigenvalue weighted by molar-refractivity contribution is 9.10. The van der Waals surface area contributed by atoms with Crippen LogP contribution in [0.2, 0.25) is 0 Å². The van der Waals surface area contributed by atoms with Crippen molar-refractivity contribution in [3.05, 3.63) is 104 Å². The van der Waals surface area contributed by atoms with E-state index in [1.54, 1.807) is 12.1 Å². The van der Waals surface area contributed by atoms with E-state index in [9.17, 15) is 10.1 Å². The third kappa shape index (κ3) is 3.08. The van der Waals surface area contributed by atoms with Crippen LogP contribution in [0, 0.1) is 10.1 Å². The van der Waals surface area contributed by atoms with Gasteiger partial charge in [-0.25, -0.2) is 0 Å². The number of hydrazine groups is 1. The highest BCUT2D eigenvalue weighted by Gasteiger charge is 2.47. The van der Waals surface area contributed by atoms with Crippen LogP contribution in [0.3, 0.4) is 0 Å². The van der Waals surface area contributed by atoms with Crippen molar-refractivity contribution in [2.24, 2.45) is 0 Å². The number of benzene rings is 3. The summed E-state index contributed by atoms with van der Waals surface area (Å²) >= 11 is 9.38. The van der Waals surface area contributed by atoms with E-state index in [0.29, 0.717) is 23.8 Å². The summed E-state index contributed by atoms with van der Waals surface area (Å²) in [6.07, 6.45) is -0.409. The van der Waals surface area contributed by atoms with Gasteiger partial charge in [-0.15, -0.1) is 0 Å². The Balaban J connectivity index is 1.68. The number of rotatable bonds is 3. The van der Waals surface area contributed by atoms with E-state index in [1.165, 1.54) is 11.1 Å². The molecule has 1 fully saturated rings. The highest BCUT2D eigenvalue weighted by atomic mass is 79.9. The van der Waals surface area contributed by atoms with Gasteiger partial charge >= 0.3 is 0 Å². The number of hydrogen-bond donors (Lipinski definition) is 0. The lowest BCUT2D eigenvalue weighted by Gasteiger charge is -2.36. The van der Waals surface area contributed by atoms with Crippen LogP contribution in [0.5, 0.6) is 0 Å². The smallest absolute Gasteiger partial charge is 0.276 e. The summed E-state index contributed by atoms with van der Waals surface area (Å²) in [7, 11) is 0. The molecule has 5 rings (SSSR count). The first-order valence-electron chi connectivity index (χ1n) is 9.47. The molecule has 30 heavy (non-hydrogen) atoms. The molecule has 0 saturated carbocycles. The quantitative estimate of drug-likeness (QED) is 0.284. The molecule has 2 aliphatic heterocycles. The van der Waals surface area contributed by atoms with Crippen molar-refractivity contribution in [2.75, 3.05) is 4.90 Å². The molecule has 0 radical (unpaired) electrons. The zero-order valence-corrected chi connectivity index (χ0v) is 18.2. The van der Waals surface area contributed by atoms with E-state index in [4.69, 9.17) is 12.2 Å². The Morgan fingerprint density at radius 3 is 2.27 bits per heavy atom. The predicted octanol–water partition coefficient (Wildman–Crippen LogP) is 5.39. The van der Waals surface area contributed by atoms with Gasteiger partial charge in [0, 0.05) is 22.8 Å². The molecule has 8 heteroatoms. The molecule has 0 amide bonds. The average molecular weight is 481 g/mol. The second-order valence-electron chi connectivity index (χ2n) is 7.24. The van der Waals surface area contributed by atoms with E-state index >= 15 is 0 Å². The molecule has 0 N–H and O–H groups in total. The van der Waals surface area contributed by atoms with E-state index in [-0.39, 0.29) is 10.6 Å². The minimum absolute atomic E-state index is 0.0909. The lowest BCUT2D eigenvalue weighted by molar-refractivity contribution is -0.386. The summed E-state index contributed by atoms with van der Waals surface area (Å²) in [5, 5.41) is 16.6. The van der Waals surface area contributed by atoms with E-state index < -0.39 is 6.17 Å². The minimum atomic E-state index is -0.409. The molecule has 0 aromatic heterocycles. The summed E-state index contributed by atoms with van der Waals surface area (Å²) in [5.41, 5.74) is 4.03. The molecule has 1 atom stereocenters. The predicted molar refractivity (Wildman–Crippen MR) is 123 cm³/mol. The second kappa shape index (κ2) is 7.46. The highest BCUT2D eigenvalue weighted by Crippen LogP contribution is 2.44. The zero-order valence-electron chi connectivity index (χ0n) is 15.8. The number of para-hydroxylation sites is 1. The van der Waals surface area contributed by atoms with Crippen LogP contribution in [-0.2, 0) is 13.1 Å². The average Bonchev–Trinajstić information content (AvgIpc) is 3.04. The Morgan fingerprint density at radius 1 is 0.933 bits per heavy atom. The fraction of sp³-hybridized carbons (Fsp3) is 0.136. The Bertz CT molecular complexity index is 1150. The maximum absolute atomic E-state index is 11.8. The number of nitro groups is 1. The van der Waals surface area contributed by atoms with Crippen LogP contribution in [0.4, 0.5) is 11.4 Å². The maximum Gasteiger partial charge on any atom is 0.276 e. The van der Waals surface area contributed by atoms with Crippen LogP contribution in [-0.4, -0.2) is 20.1 Å². The molecular weight excluding hydrogens is 464 g/mol. The normalized spacial score (nSPS) is 18.3. The molecule has 3 aromatic carbocycles. The van der Waals surface area contributed by atoms with Crippen molar-refractivity contribution < 1.29 is 4.92 Å². The van der Waals surface area contributed by atoms with Crippen molar-refractivity contribution in [1.29, 1.82) is 0 Å². The van der Waals surface area contributed by atoms with Gasteiger partial charge in [0.2, 0.25) is 0 Å². The standard InChI is InChI=1S/C22H17BrN4O2S/c23-17-9-11-18(12-10-17)26-21(19-7-3-4-8-20(19)27(28)29)24-13-15-5-1-2-6-16(15)14-25(24)22(26)30/h1-12,21H,13-14H2. The van der Waals surface area contributed by atoms with Crippen molar-refractivity contribution >= 4 is 44.6 Å². The van der Waals surface area contributed by atoms with Gasteiger partial charge in [0.05, 0.1) is 17.0 Å². The van der Waals surface area contributed by atoms with Gasteiger partial charge < -0.3 is 0 Å². The van der Waals surface area contributed by atoms with Gasteiger partial charge in [0.1, 0.15) is 6.17 Å². The van der Waals surface area contributed by atoms with Crippen LogP contribution in [0.15, 0.2) is 77.3 Å². The third-order valence-corrected chi connectivity index (χ3v) is 6.49. The molecule has 0 aliphatic carbocycles. The largest absolute Gasteiger partial charge is 0.295 e. The fourth-order valence-corrected chi connectivity index (χ4v) is 4.80. The number of nitrogens with zero attached hydrogens (tertiary/aromatic N) is 4. The number of fused-ring (bicyclic) bond motifs is 2. The zero-order chi connectivity index (χ0) is 20.8. The van der Waals surface area contributed by atoms with Crippen molar-refractivity contribution in [3.8, 4) is 0 Å². The molecule has 6 nitrogen and oxygen atoms in total. The molecule has 150 valence electrons. The summed E-state index contributed by atoms with van der Waals surface area (Å²) in [4.78, 5) is 13.5. The first kappa shape index (κ1) is 19.2. The van der Waals surface area contributed by atoms with Crippen molar-refractivity contribution in [1.82, 2.24) is 10.0 Å². The molecule has 0 bridgehead atoms. The third-order valence-electron chi connectivity index (χ3n) is 5.55. The Hall–Kier alpha value is -2.81. The SMILES string of the molecule is O=[N+]([O-])c1ccccc1C1N(c2ccc(Br)cc2)C(=S)N2Cc3ccccc3CN12. The van der Waals surface area contributed by atoms with E-state index in [1.807, 2.05) is 53.4 Å². The lowest BCUT2D eigenvalue weighted by atomic mass is 10.0. The molecule has 1 unspecified atom stereocenters. The Kier molecular flexibility index (Phi) is 4.77. The molecule has 3 aromatic rings. The lowest BCUT2D eigenvalue weighted by Crippen LogP contribution is -2.42. The van der Waals surface area contributed by atoms with Crippen molar-refractivity contribution in [2.45, 2.75) is 19.3 Å². The number of nitro benzene ring substituents is 1. The van der Waals surface area contributed by atoms with E-state index in [0.717, 1.165) is 10.2 Å². The van der Waals surface area contributed by atoms with Gasteiger partial charge in [0.15, 0.2) is 5.11 Å². The van der Waals surface area contributed by atoms with Crippen LogP contribution >= 0.6 is 28.1 Å². The summed E-state index contributed by atoms with van der Waals surface area (Å²) in [6.45, 7) is 1.26. The van der Waals surface area contributed by atoms with Gasteiger partial charge in [-0.05, 0) is 53.7 Å². The number of thiocarbonyl (C=S) groups is 1. The maximum atomic E-state index is 11.8. The molecule has 1 saturated heterocycles. The van der Waals surface area contributed by atoms with Crippen LogP contribution in [0.25, 0.3) is 0 Å². The summed E-state index contributed by atoms with van der Waals surface area (Å²) in [6, 6.07) is 23.0. The second-order valence-corrected chi connectivity index (χ2v) is 8.52. The first-order chi connectivity index (χ1) is 14.5. The van der Waals surface area contributed by atoms with Gasteiger partial charge in [-0.1, -0.05) is 52.3 Å². The van der Waals surface area contributed by atoms with Crippen molar-refractivity contribution in [3.63, 3.8) is 0 Å². The van der Waals surface area contributed by atoms with E-state index in [2.05, 4.69) is 38.1 Å². The Labute approximate surface area is 187 Å². The molecule has 0 spiro atoms. The molecular formula is C22H17BrN4O2S. The monoisotopic (exact) mass is 480 g/mol. The van der Waals surface area contributed by atoms with Crippen LogP contribution in [0.1, 0.15) is 22.9 Å². The summed E-state index contributed by atoms with van der Waals surface area (Å²) in [5.74, 6) is 0. The van der Waals surface area contributed by atoms with Gasteiger partial charge in [0.25, 0.3) is 5.69 Å². The summed E-state index contributed by atoms with van der Waals surface area (Å²) < 4.78 is 0.962.